The van der Waals surface area contributed by atoms with E-state index in [4.69, 9.17) is 9.47 Å². The van der Waals surface area contributed by atoms with Crippen LogP contribution in [0.3, 0.4) is 0 Å². The van der Waals surface area contributed by atoms with Crippen LogP contribution < -0.4 is 19.1 Å². The van der Waals surface area contributed by atoms with E-state index < -0.39 is 28.5 Å². The first-order valence-electron chi connectivity index (χ1n) is 14.0. The lowest BCUT2D eigenvalue weighted by Crippen LogP contribution is -2.53. The number of amides is 2. The van der Waals surface area contributed by atoms with Gasteiger partial charge < -0.3 is 19.7 Å². The van der Waals surface area contributed by atoms with E-state index in [2.05, 4.69) is 5.32 Å². The molecule has 9 nitrogen and oxygen atoms in total. The van der Waals surface area contributed by atoms with Gasteiger partial charge in [0.15, 0.2) is 0 Å². The fourth-order valence-electron chi connectivity index (χ4n) is 4.35. The maximum Gasteiger partial charge on any atom is 0.244 e. The molecule has 10 heteroatoms. The molecule has 0 aliphatic rings. The second-order valence-electron chi connectivity index (χ2n) is 10.1. The van der Waals surface area contributed by atoms with Gasteiger partial charge in [0, 0.05) is 12.6 Å². The minimum atomic E-state index is -3.84. The molecule has 3 aromatic rings. The first-order valence-corrected chi connectivity index (χ1v) is 15.9. The summed E-state index contributed by atoms with van der Waals surface area (Å²) in [5, 5.41) is 2.97. The van der Waals surface area contributed by atoms with Gasteiger partial charge in [0.1, 0.15) is 30.7 Å². The summed E-state index contributed by atoms with van der Waals surface area (Å²) in [5.74, 6) is 0.459. The van der Waals surface area contributed by atoms with Gasteiger partial charge in [-0.1, -0.05) is 56.3 Å². The van der Waals surface area contributed by atoms with Crippen LogP contribution in [0, 0.1) is 0 Å². The molecular formula is C32H41N3O6S. The molecule has 0 aromatic heterocycles. The number of anilines is 1. The molecular weight excluding hydrogens is 554 g/mol. The number of ether oxygens (including phenoxy) is 2. The number of hydrogen-bond acceptors (Lipinski definition) is 6. The molecule has 42 heavy (non-hydrogen) atoms. The summed E-state index contributed by atoms with van der Waals surface area (Å²) in [7, 11) is -2.28. The zero-order chi connectivity index (χ0) is 30.7. The molecule has 0 heterocycles. The topological polar surface area (TPSA) is 105 Å². The van der Waals surface area contributed by atoms with E-state index >= 15 is 0 Å². The Balaban J connectivity index is 1.86. The summed E-state index contributed by atoms with van der Waals surface area (Å²) in [5.41, 5.74) is 2.11. The number of carbonyl (C=O) groups excluding carboxylic acids is 2. The number of methoxy groups -OCH3 is 1. The van der Waals surface area contributed by atoms with Crippen LogP contribution in [0.5, 0.6) is 11.5 Å². The molecule has 0 saturated carbocycles. The van der Waals surface area contributed by atoms with Gasteiger partial charge in [0.2, 0.25) is 21.8 Å². The van der Waals surface area contributed by atoms with Gasteiger partial charge in [-0.05, 0) is 67.3 Å². The molecule has 0 unspecified atom stereocenters. The van der Waals surface area contributed by atoms with Crippen molar-refractivity contribution in [1.82, 2.24) is 10.2 Å². The second kappa shape index (κ2) is 15.3. The quantitative estimate of drug-likeness (QED) is 0.272. The molecule has 2 amide bonds. The van der Waals surface area contributed by atoms with Crippen LogP contribution in [-0.2, 0) is 32.8 Å². The average molecular weight is 596 g/mol. The molecule has 1 N–H and O–H groups in total. The van der Waals surface area contributed by atoms with Crippen molar-refractivity contribution in [3.05, 3.63) is 90.0 Å². The Bertz CT molecular complexity index is 1400. The highest BCUT2D eigenvalue weighted by Crippen LogP contribution is 2.24. The summed E-state index contributed by atoms with van der Waals surface area (Å²) in [4.78, 5) is 28.6. The molecule has 0 aliphatic carbocycles. The summed E-state index contributed by atoms with van der Waals surface area (Å²) < 4.78 is 37.9. The number of benzene rings is 3. The number of hydrogen-bond donors (Lipinski definition) is 1. The molecule has 0 radical (unpaired) electrons. The second-order valence-corrected chi connectivity index (χ2v) is 12.1. The van der Waals surface area contributed by atoms with Crippen molar-refractivity contribution in [3.63, 3.8) is 0 Å². The van der Waals surface area contributed by atoms with Crippen molar-refractivity contribution in [2.45, 2.75) is 58.8 Å². The van der Waals surface area contributed by atoms with E-state index in [0.717, 1.165) is 28.1 Å². The highest BCUT2D eigenvalue weighted by Gasteiger charge is 2.32. The predicted octanol–water partition coefficient (Wildman–Crippen LogP) is 4.76. The number of nitrogens with one attached hydrogen (secondary N) is 1. The lowest BCUT2D eigenvalue weighted by atomic mass is 10.1. The highest BCUT2D eigenvalue weighted by molar-refractivity contribution is 7.92. The lowest BCUT2D eigenvalue weighted by molar-refractivity contribution is -0.140. The Morgan fingerprint density at radius 3 is 2.02 bits per heavy atom. The molecule has 0 bridgehead atoms. The summed E-state index contributed by atoms with van der Waals surface area (Å²) in [6, 6.07) is 22.6. The molecule has 2 atom stereocenters. The van der Waals surface area contributed by atoms with E-state index in [1.54, 1.807) is 43.5 Å². The van der Waals surface area contributed by atoms with E-state index in [0.29, 0.717) is 30.2 Å². The first-order chi connectivity index (χ1) is 20.0. The molecule has 0 spiro atoms. The average Bonchev–Trinajstić information content (AvgIpc) is 2.99. The molecule has 0 aliphatic heterocycles. The standard InChI is InChI=1S/C32H41N3O6S/c1-6-24(3)33-32(37)30(7-2)34(21-25-13-17-28(40-4)18-14-25)31(36)22-35(42(5,38)39)27-15-19-29(20-16-27)41-23-26-11-9-8-10-12-26/h8-20,24,30H,6-7,21-23H2,1-5H3,(H,33,37)/t24-,30-/m0/s1. The van der Waals surface area contributed by atoms with Crippen molar-refractivity contribution in [3.8, 4) is 11.5 Å². The van der Waals surface area contributed by atoms with Gasteiger partial charge >= 0.3 is 0 Å². The van der Waals surface area contributed by atoms with Crippen molar-refractivity contribution in [2.24, 2.45) is 0 Å². The number of carbonyl (C=O) groups is 2. The molecule has 3 rings (SSSR count). The largest absolute Gasteiger partial charge is 0.497 e. The maximum atomic E-state index is 13.9. The van der Waals surface area contributed by atoms with Crippen LogP contribution in [0.25, 0.3) is 0 Å². The minimum Gasteiger partial charge on any atom is -0.497 e. The lowest BCUT2D eigenvalue weighted by Gasteiger charge is -2.33. The molecule has 226 valence electrons. The third kappa shape index (κ3) is 9.24. The Morgan fingerprint density at radius 2 is 1.48 bits per heavy atom. The van der Waals surface area contributed by atoms with Gasteiger partial charge in [0.25, 0.3) is 0 Å². The van der Waals surface area contributed by atoms with Crippen LogP contribution in [0.1, 0.15) is 44.7 Å². The van der Waals surface area contributed by atoms with E-state index in [1.807, 2.05) is 63.2 Å². The SMILES string of the molecule is CC[C@H](C)NC(=O)[C@H](CC)N(Cc1ccc(OC)cc1)C(=O)CN(c1ccc(OCc2ccccc2)cc1)S(C)(=O)=O. The van der Waals surface area contributed by atoms with Crippen molar-refractivity contribution >= 4 is 27.5 Å². The van der Waals surface area contributed by atoms with Gasteiger partial charge in [0.05, 0.1) is 19.1 Å². The Hall–Kier alpha value is -4.05. The third-order valence-electron chi connectivity index (χ3n) is 6.95. The summed E-state index contributed by atoms with van der Waals surface area (Å²) >= 11 is 0. The highest BCUT2D eigenvalue weighted by atomic mass is 32.2. The number of sulfonamides is 1. The Morgan fingerprint density at radius 1 is 0.857 bits per heavy atom. The van der Waals surface area contributed by atoms with Gasteiger partial charge in [-0.25, -0.2) is 8.42 Å². The van der Waals surface area contributed by atoms with Gasteiger partial charge in [-0.15, -0.1) is 0 Å². The van der Waals surface area contributed by atoms with Crippen LogP contribution >= 0.6 is 0 Å². The zero-order valence-electron chi connectivity index (χ0n) is 24.9. The smallest absolute Gasteiger partial charge is 0.244 e. The maximum absolute atomic E-state index is 13.9. The Kier molecular flexibility index (Phi) is 11.8. The fraction of sp³-hybridized carbons (Fsp3) is 0.375. The van der Waals surface area contributed by atoms with Crippen LogP contribution in [0.15, 0.2) is 78.9 Å². The first kappa shape index (κ1) is 32.5. The number of nitrogens with zero attached hydrogens (tertiary/aromatic N) is 2. The predicted molar refractivity (Wildman–Crippen MR) is 165 cm³/mol. The van der Waals surface area contributed by atoms with Crippen LogP contribution in [0.4, 0.5) is 5.69 Å². The normalized spacial score (nSPS) is 12.6. The van der Waals surface area contributed by atoms with Crippen molar-refractivity contribution in [1.29, 1.82) is 0 Å². The van der Waals surface area contributed by atoms with Crippen LogP contribution in [0.2, 0.25) is 0 Å². The monoisotopic (exact) mass is 595 g/mol. The Labute approximate surface area is 249 Å². The van der Waals surface area contributed by atoms with Gasteiger partial charge in [-0.3, -0.25) is 13.9 Å². The summed E-state index contributed by atoms with van der Waals surface area (Å²) in [6.07, 6.45) is 2.15. The minimum absolute atomic E-state index is 0.0698. The molecule has 0 fully saturated rings. The number of rotatable bonds is 15. The summed E-state index contributed by atoms with van der Waals surface area (Å²) in [6.45, 7) is 5.72. The van der Waals surface area contributed by atoms with Crippen molar-refractivity contribution in [2.75, 3.05) is 24.2 Å². The molecule has 3 aromatic carbocycles. The van der Waals surface area contributed by atoms with E-state index in [9.17, 15) is 18.0 Å². The van der Waals surface area contributed by atoms with E-state index in [-0.39, 0.29) is 18.5 Å². The van der Waals surface area contributed by atoms with Crippen molar-refractivity contribution < 1.29 is 27.5 Å². The van der Waals surface area contributed by atoms with E-state index in [1.165, 1.54) is 4.90 Å². The third-order valence-corrected chi connectivity index (χ3v) is 8.09. The van der Waals surface area contributed by atoms with Gasteiger partial charge in [-0.2, -0.15) is 0 Å². The van der Waals surface area contributed by atoms with Crippen LogP contribution in [-0.4, -0.2) is 57.1 Å². The molecule has 0 saturated heterocycles. The zero-order valence-corrected chi connectivity index (χ0v) is 25.8. The fourth-order valence-corrected chi connectivity index (χ4v) is 5.20.